The predicted molar refractivity (Wildman–Crippen MR) is 127 cm³/mol. The Morgan fingerprint density at radius 2 is 1.94 bits per heavy atom. The van der Waals surface area contributed by atoms with Crippen LogP contribution in [-0.2, 0) is 4.74 Å². The molecule has 188 valence electrons. The molecule has 1 aromatic rings. The van der Waals surface area contributed by atoms with Crippen molar-refractivity contribution in [2.24, 2.45) is 5.84 Å². The number of nitrogens with two attached hydrogens (primary N) is 1. The van der Waals surface area contributed by atoms with Crippen LogP contribution in [0, 0.1) is 0 Å². The highest BCUT2D eigenvalue weighted by atomic mass is 16.7. The Balaban J connectivity index is 1.81. The molecule has 33 heavy (non-hydrogen) atoms. The van der Waals surface area contributed by atoms with Crippen molar-refractivity contribution in [2.45, 2.75) is 76.2 Å². The second-order valence-electron chi connectivity index (χ2n) is 8.72. The molecule has 1 aliphatic heterocycles. The lowest BCUT2D eigenvalue weighted by atomic mass is 9.99. The number of hydrogen-bond donors (Lipinski definition) is 7. The van der Waals surface area contributed by atoms with Crippen LogP contribution in [0.1, 0.15) is 51.0 Å². The summed E-state index contributed by atoms with van der Waals surface area (Å²) in [4.78, 5) is 2.00. The van der Waals surface area contributed by atoms with E-state index in [1.54, 1.807) is 0 Å². The van der Waals surface area contributed by atoms with E-state index in [-0.39, 0.29) is 12.1 Å². The molecule has 0 bridgehead atoms. The molecule has 8 N–H and O–H groups in total. The average molecular weight is 468 g/mol. The van der Waals surface area contributed by atoms with Crippen molar-refractivity contribution in [3.8, 4) is 5.75 Å². The number of nitrogens with one attached hydrogen (secondary N) is 3. The minimum absolute atomic E-state index is 0.00346. The number of nitrogens with zero attached hydrogens (tertiary/aromatic N) is 1. The van der Waals surface area contributed by atoms with E-state index in [0.29, 0.717) is 12.2 Å². The quantitative estimate of drug-likeness (QED) is 0.0919. The molecule has 1 aromatic carbocycles. The number of hydrazine groups is 1. The summed E-state index contributed by atoms with van der Waals surface area (Å²) in [5, 5.41) is 31.7. The molecule has 0 aromatic heterocycles. The lowest BCUT2D eigenvalue weighted by Gasteiger charge is -2.40. The minimum Gasteiger partial charge on any atom is -0.462 e. The van der Waals surface area contributed by atoms with Gasteiger partial charge in [0.15, 0.2) is 0 Å². The summed E-state index contributed by atoms with van der Waals surface area (Å²) in [6.07, 6.45) is 4.67. The van der Waals surface area contributed by atoms with Crippen LogP contribution in [-0.4, -0.2) is 71.7 Å². The summed E-state index contributed by atoms with van der Waals surface area (Å²) in [6, 6.07) is 7.42. The smallest absolute Gasteiger partial charge is 0.227 e. The largest absolute Gasteiger partial charge is 0.462 e. The summed E-state index contributed by atoms with van der Waals surface area (Å²) in [5.74, 6) is 6.31. The van der Waals surface area contributed by atoms with E-state index < -0.39 is 18.6 Å². The number of ether oxygens (including phenoxy) is 2. The van der Waals surface area contributed by atoms with E-state index in [9.17, 15) is 10.2 Å². The third-order valence-electron chi connectivity index (χ3n) is 5.79. The Kier molecular flexibility index (Phi) is 11.9. The first-order chi connectivity index (χ1) is 15.8. The number of hydrogen-bond acceptors (Lipinski definition) is 10. The van der Waals surface area contributed by atoms with Gasteiger partial charge in [0.05, 0.1) is 11.8 Å². The monoisotopic (exact) mass is 467 g/mol. The fraction of sp³-hybridized carbons (Fsp3) is 0.652. The van der Waals surface area contributed by atoms with Crippen molar-refractivity contribution in [1.29, 1.82) is 0 Å². The second-order valence-corrected chi connectivity index (χ2v) is 8.72. The molecular weight excluding hydrogens is 426 g/mol. The molecule has 2 rings (SSSR count). The van der Waals surface area contributed by atoms with Crippen LogP contribution in [0.3, 0.4) is 0 Å². The maximum atomic E-state index is 10.6. The zero-order chi connectivity index (χ0) is 24.2. The Morgan fingerprint density at radius 3 is 2.58 bits per heavy atom. The van der Waals surface area contributed by atoms with Gasteiger partial charge in [0.1, 0.15) is 18.1 Å². The first-order valence-electron chi connectivity index (χ1n) is 11.6. The van der Waals surface area contributed by atoms with Crippen LogP contribution in [0.25, 0.3) is 5.70 Å². The van der Waals surface area contributed by atoms with Crippen molar-refractivity contribution >= 4 is 5.70 Å². The number of aliphatic hydroxyl groups excluding tert-OH is 2. The predicted octanol–water partition coefficient (Wildman–Crippen LogP) is 1.09. The van der Waals surface area contributed by atoms with E-state index >= 15 is 0 Å². The summed E-state index contributed by atoms with van der Waals surface area (Å²) < 4.78 is 11.8. The maximum Gasteiger partial charge on any atom is 0.227 e. The Labute approximate surface area is 196 Å². The molecular formula is C23H41N5O5. The maximum absolute atomic E-state index is 10.6. The van der Waals surface area contributed by atoms with Crippen molar-refractivity contribution in [2.75, 3.05) is 20.6 Å². The molecule has 10 nitrogen and oxygen atoms in total. The van der Waals surface area contributed by atoms with E-state index in [4.69, 9.17) is 20.5 Å². The first-order valence-corrected chi connectivity index (χ1v) is 11.6. The van der Waals surface area contributed by atoms with Gasteiger partial charge >= 0.3 is 0 Å². The number of aliphatic hydroxyl groups is 2. The van der Waals surface area contributed by atoms with E-state index in [1.165, 1.54) is 0 Å². The Bertz CT molecular complexity index is 703. The lowest BCUT2D eigenvalue weighted by molar-refractivity contribution is -0.217. The highest BCUT2D eigenvalue weighted by Gasteiger charge is 2.38. The van der Waals surface area contributed by atoms with Crippen LogP contribution in [0.4, 0.5) is 0 Å². The van der Waals surface area contributed by atoms with Crippen LogP contribution in [0.5, 0.6) is 5.75 Å². The zero-order valence-corrected chi connectivity index (χ0v) is 19.9. The number of rotatable bonds is 14. The molecule has 0 radical (unpaired) electrons. The van der Waals surface area contributed by atoms with Gasteiger partial charge in [-0.25, -0.2) is 0 Å². The van der Waals surface area contributed by atoms with Crippen molar-refractivity contribution in [3.63, 3.8) is 0 Å². The molecule has 1 aliphatic rings. The molecule has 1 heterocycles. The van der Waals surface area contributed by atoms with Gasteiger partial charge < -0.3 is 40.5 Å². The van der Waals surface area contributed by atoms with Gasteiger partial charge in [-0.15, -0.1) is 0 Å². The van der Waals surface area contributed by atoms with Crippen molar-refractivity contribution in [1.82, 2.24) is 21.1 Å². The van der Waals surface area contributed by atoms with Gasteiger partial charge in [-0.05, 0) is 71.0 Å². The van der Waals surface area contributed by atoms with Gasteiger partial charge in [-0.1, -0.05) is 12.8 Å². The fourth-order valence-electron chi connectivity index (χ4n) is 3.85. The second kappa shape index (κ2) is 14.4. The standard InChI is InChI=1S/C23H41N5O5/c1-16-14-20(28(2)3)22(30)23(32-16)33-18-11-9-17(10-12-18)19(26-24)15-25-13-7-5-4-6-8-21(29)27-31/h9-12,15-16,20-23,25-27,29-31H,4-8,13-14,24H2,1-3H3/b19-15-/t16-,20+,21?,22-,23?/m0/s1. The third-order valence-corrected chi connectivity index (χ3v) is 5.79. The van der Waals surface area contributed by atoms with Gasteiger partial charge in [-0.2, -0.15) is 5.48 Å². The highest BCUT2D eigenvalue weighted by molar-refractivity contribution is 5.63. The van der Waals surface area contributed by atoms with Crippen molar-refractivity contribution < 1.29 is 24.9 Å². The molecule has 0 amide bonds. The highest BCUT2D eigenvalue weighted by Crippen LogP contribution is 2.26. The van der Waals surface area contributed by atoms with Gasteiger partial charge in [-0.3, -0.25) is 5.84 Å². The van der Waals surface area contributed by atoms with Crippen LogP contribution in [0.15, 0.2) is 30.5 Å². The third kappa shape index (κ3) is 9.09. The number of likely N-dealkylation sites (N-methyl/N-ethyl adjacent to an activating group) is 1. The minimum atomic E-state index is -0.847. The van der Waals surface area contributed by atoms with E-state index in [1.807, 2.05) is 61.9 Å². The molecule has 5 atom stereocenters. The number of hydroxylamine groups is 1. The normalized spacial score (nSPS) is 24.5. The Hall–Kier alpha value is -1.92. The van der Waals surface area contributed by atoms with Gasteiger partial charge in [0.2, 0.25) is 6.29 Å². The van der Waals surface area contributed by atoms with Crippen LogP contribution in [0.2, 0.25) is 0 Å². The first kappa shape index (κ1) is 27.3. The SMILES string of the molecule is C[C@H]1C[C@@H](N(C)C)[C@H](O)C(Oc2ccc(/C(=C/NCCCCCCC(O)NO)NN)cc2)O1. The zero-order valence-electron chi connectivity index (χ0n) is 19.9. The molecule has 2 unspecified atom stereocenters. The summed E-state index contributed by atoms with van der Waals surface area (Å²) >= 11 is 0. The summed E-state index contributed by atoms with van der Waals surface area (Å²) in [7, 11) is 3.89. The Morgan fingerprint density at radius 1 is 1.24 bits per heavy atom. The number of benzene rings is 1. The van der Waals surface area contributed by atoms with E-state index in [0.717, 1.165) is 49.9 Å². The van der Waals surface area contributed by atoms with Gasteiger partial charge in [0, 0.05) is 24.4 Å². The molecule has 1 saturated heterocycles. The summed E-state index contributed by atoms with van der Waals surface area (Å²) in [6.45, 7) is 2.79. The van der Waals surface area contributed by atoms with Crippen LogP contribution >= 0.6 is 0 Å². The van der Waals surface area contributed by atoms with Crippen molar-refractivity contribution in [3.05, 3.63) is 36.0 Å². The molecule has 10 heteroatoms. The molecule has 0 spiro atoms. The summed E-state index contributed by atoms with van der Waals surface area (Å²) in [5.41, 5.74) is 6.18. The van der Waals surface area contributed by atoms with Gasteiger partial charge in [0.25, 0.3) is 0 Å². The molecule has 0 saturated carbocycles. The molecule has 0 aliphatic carbocycles. The topological polar surface area (TPSA) is 144 Å². The lowest BCUT2D eigenvalue weighted by Crippen LogP contribution is -2.55. The number of unbranched alkanes of at least 4 members (excludes halogenated alkanes) is 3. The molecule has 1 fully saturated rings. The van der Waals surface area contributed by atoms with Crippen LogP contribution < -0.4 is 26.8 Å². The fourth-order valence-corrected chi connectivity index (χ4v) is 3.85. The van der Waals surface area contributed by atoms with E-state index in [2.05, 4.69) is 10.7 Å². The average Bonchev–Trinajstić information content (AvgIpc) is 2.80.